The van der Waals surface area contributed by atoms with Gasteiger partial charge in [0.2, 0.25) is 0 Å². The Bertz CT molecular complexity index is 1600. The predicted molar refractivity (Wildman–Crippen MR) is 161 cm³/mol. The second-order valence-corrected chi connectivity index (χ2v) is 11.0. The van der Waals surface area contributed by atoms with E-state index in [4.69, 9.17) is 4.98 Å². The lowest BCUT2D eigenvalue weighted by molar-refractivity contribution is 0.312. The van der Waals surface area contributed by atoms with Gasteiger partial charge in [0.25, 0.3) is 0 Å². The number of likely N-dealkylation sites (N-methyl/N-ethyl adjacent to an activating group) is 1. The molecule has 3 N–H and O–H groups in total. The second-order valence-electron chi connectivity index (χ2n) is 11.0. The van der Waals surface area contributed by atoms with Crippen LogP contribution in [-0.4, -0.2) is 87.6 Å². The standard InChI is InChI=1S/C30H38N10/c1-20-24(15-26(31-2)23-14-22(18-33-19-23)17-32-16-21-6-4-5-7-21)27(38-37-20)29-35-25-8-9-34-30(28(25)36-29)40-12-10-39(3)11-13-40/h8-9,14-15,18-19,21,32,37H,1,4-7,10-13,16-17H2,2-3H3,(H,35,36)/b24-15+,31-26?. The number of fused-ring (bicyclic) bond motifs is 1. The molecule has 0 aromatic carbocycles. The van der Waals surface area contributed by atoms with Crippen LogP contribution in [0.3, 0.4) is 0 Å². The molecule has 10 nitrogen and oxygen atoms in total. The first-order valence-corrected chi connectivity index (χ1v) is 14.2. The van der Waals surface area contributed by atoms with Gasteiger partial charge in [0.15, 0.2) is 11.6 Å². The Hall–Kier alpha value is -3.89. The minimum Gasteiger partial charge on any atom is -0.352 e. The van der Waals surface area contributed by atoms with E-state index in [9.17, 15) is 0 Å². The topological polar surface area (TPSA) is 114 Å². The molecule has 0 unspecified atom stereocenters. The van der Waals surface area contributed by atoms with Crippen molar-refractivity contribution in [3.05, 3.63) is 52.4 Å². The third kappa shape index (κ3) is 5.55. The fraction of sp³-hybridized carbons (Fsp3) is 0.433. The van der Waals surface area contributed by atoms with Gasteiger partial charge in [-0.1, -0.05) is 19.4 Å². The van der Waals surface area contributed by atoms with Gasteiger partial charge in [0, 0.05) is 69.1 Å². The molecule has 2 fully saturated rings. The van der Waals surface area contributed by atoms with Crippen LogP contribution in [0.15, 0.2) is 35.7 Å². The lowest BCUT2D eigenvalue weighted by Gasteiger charge is -2.33. The lowest BCUT2D eigenvalue weighted by atomic mass is 10.1. The van der Waals surface area contributed by atoms with E-state index >= 15 is 0 Å². The van der Waals surface area contributed by atoms with Gasteiger partial charge in [-0.15, -0.1) is 0 Å². The van der Waals surface area contributed by atoms with Crippen molar-refractivity contribution in [2.24, 2.45) is 10.9 Å². The second kappa shape index (κ2) is 11.7. The zero-order valence-electron chi connectivity index (χ0n) is 23.5. The number of hydrogen-bond donors (Lipinski definition) is 3. The van der Waals surface area contributed by atoms with Crippen LogP contribution in [0.2, 0.25) is 0 Å². The highest BCUT2D eigenvalue weighted by Crippen LogP contribution is 2.26. The highest BCUT2D eigenvalue weighted by molar-refractivity contribution is 6.21. The molecular formula is C30H38N10. The highest BCUT2D eigenvalue weighted by Gasteiger charge is 2.21. The van der Waals surface area contributed by atoms with Gasteiger partial charge in [-0.2, -0.15) is 5.10 Å². The summed E-state index contributed by atoms with van der Waals surface area (Å²) in [7, 11) is 3.95. The number of rotatable bonds is 8. The van der Waals surface area contributed by atoms with Crippen molar-refractivity contribution < 1.29 is 0 Å². The first kappa shape index (κ1) is 26.3. The predicted octanol–water partition coefficient (Wildman–Crippen LogP) is 2.08. The van der Waals surface area contributed by atoms with Crippen LogP contribution in [0.25, 0.3) is 35.2 Å². The van der Waals surface area contributed by atoms with Crippen molar-refractivity contribution in [1.82, 2.24) is 40.3 Å². The molecule has 0 amide bonds. The summed E-state index contributed by atoms with van der Waals surface area (Å²) in [6.07, 6.45) is 13.0. The van der Waals surface area contributed by atoms with Crippen LogP contribution >= 0.6 is 0 Å². The third-order valence-electron chi connectivity index (χ3n) is 8.14. The average molecular weight is 539 g/mol. The number of piperazine rings is 1. The Morgan fingerprint density at radius 2 is 2.02 bits per heavy atom. The van der Waals surface area contributed by atoms with Crippen molar-refractivity contribution in [3.8, 4) is 11.5 Å². The fourth-order valence-corrected chi connectivity index (χ4v) is 5.78. The summed E-state index contributed by atoms with van der Waals surface area (Å²) in [4.78, 5) is 26.9. The Balaban J connectivity index is 1.28. The maximum atomic E-state index is 4.97. The molecule has 4 aromatic heterocycles. The van der Waals surface area contributed by atoms with Crippen LogP contribution in [0.4, 0.5) is 5.82 Å². The van der Waals surface area contributed by atoms with E-state index in [1.54, 1.807) is 7.05 Å². The number of hydrogen-bond acceptors (Lipinski definition) is 8. The molecule has 1 aliphatic carbocycles. The minimum absolute atomic E-state index is 0.675. The average Bonchev–Trinajstić information content (AvgIpc) is 3.72. The smallest absolute Gasteiger partial charge is 0.159 e. The number of imidazole rings is 1. The molecule has 10 heteroatoms. The molecule has 0 bridgehead atoms. The molecule has 4 aromatic rings. The number of pyridine rings is 2. The van der Waals surface area contributed by atoms with E-state index < -0.39 is 0 Å². The molecule has 208 valence electrons. The summed E-state index contributed by atoms with van der Waals surface area (Å²) >= 11 is 0. The Labute approximate surface area is 234 Å². The number of H-pyrrole nitrogens is 2. The lowest BCUT2D eigenvalue weighted by Crippen LogP contribution is -2.44. The number of nitrogens with one attached hydrogen (secondary N) is 3. The summed E-state index contributed by atoms with van der Waals surface area (Å²) in [5.41, 5.74) is 5.41. The number of aromatic nitrogens is 6. The van der Waals surface area contributed by atoms with Crippen LogP contribution in [0, 0.1) is 5.92 Å². The van der Waals surface area contributed by atoms with Gasteiger partial charge in [0.1, 0.15) is 11.2 Å². The zero-order chi connectivity index (χ0) is 27.5. The molecular weight excluding hydrogens is 500 g/mol. The molecule has 0 spiro atoms. The summed E-state index contributed by atoms with van der Waals surface area (Å²) < 4.78 is 0. The highest BCUT2D eigenvalue weighted by atomic mass is 15.3. The molecule has 40 heavy (non-hydrogen) atoms. The fourth-order valence-electron chi connectivity index (χ4n) is 5.78. The van der Waals surface area contributed by atoms with Crippen molar-refractivity contribution in [2.75, 3.05) is 51.7 Å². The first-order valence-electron chi connectivity index (χ1n) is 14.2. The van der Waals surface area contributed by atoms with Gasteiger partial charge in [-0.05, 0) is 56.1 Å². The number of nitrogens with zero attached hydrogens (tertiary/aromatic N) is 7. The summed E-state index contributed by atoms with van der Waals surface area (Å²) in [6.45, 7) is 9.93. The Morgan fingerprint density at radius 3 is 2.83 bits per heavy atom. The van der Waals surface area contributed by atoms with Gasteiger partial charge in [-0.25, -0.2) is 9.97 Å². The molecule has 1 saturated heterocycles. The van der Waals surface area contributed by atoms with Gasteiger partial charge < -0.3 is 20.1 Å². The quantitative estimate of drug-likeness (QED) is 0.294. The van der Waals surface area contributed by atoms with Gasteiger partial charge in [0.05, 0.1) is 16.6 Å². The molecule has 0 radical (unpaired) electrons. The third-order valence-corrected chi connectivity index (χ3v) is 8.14. The van der Waals surface area contributed by atoms with Crippen LogP contribution in [0.1, 0.15) is 36.8 Å². The maximum Gasteiger partial charge on any atom is 0.159 e. The molecule has 0 atom stereocenters. The molecule has 1 saturated carbocycles. The van der Waals surface area contributed by atoms with E-state index in [-0.39, 0.29) is 0 Å². The monoisotopic (exact) mass is 538 g/mol. The van der Waals surface area contributed by atoms with Gasteiger partial charge >= 0.3 is 0 Å². The summed E-state index contributed by atoms with van der Waals surface area (Å²) in [5.74, 6) is 2.39. The van der Waals surface area contributed by atoms with Crippen molar-refractivity contribution in [3.63, 3.8) is 0 Å². The Kier molecular flexibility index (Phi) is 7.70. The Morgan fingerprint density at radius 1 is 1.20 bits per heavy atom. The number of anilines is 1. The van der Waals surface area contributed by atoms with Gasteiger partial charge in [-0.3, -0.25) is 15.1 Å². The van der Waals surface area contributed by atoms with Crippen LogP contribution < -0.4 is 20.8 Å². The summed E-state index contributed by atoms with van der Waals surface area (Å²) in [5, 5.41) is 12.8. The zero-order valence-corrected chi connectivity index (χ0v) is 23.5. The molecule has 1 aliphatic heterocycles. The normalized spacial score (nSPS) is 17.9. The minimum atomic E-state index is 0.675. The van der Waals surface area contributed by atoms with E-state index in [1.807, 2.05) is 30.7 Å². The summed E-state index contributed by atoms with van der Waals surface area (Å²) in [6, 6.07) is 4.12. The number of aliphatic imine (C=N–C) groups is 1. The molecule has 6 rings (SSSR count). The maximum absolute atomic E-state index is 4.97. The van der Waals surface area contributed by atoms with Crippen molar-refractivity contribution in [2.45, 2.75) is 32.2 Å². The molecule has 5 heterocycles. The van der Waals surface area contributed by atoms with E-state index in [1.165, 1.54) is 25.7 Å². The van der Waals surface area contributed by atoms with Crippen molar-refractivity contribution >= 4 is 35.2 Å². The van der Waals surface area contributed by atoms with Crippen LogP contribution in [0.5, 0.6) is 0 Å². The molecule has 2 aliphatic rings. The SMILES string of the molecule is C=c1[nH]nc(-c2nc3c(N4CCN(C)CC4)nccc3[nH]2)/c1=C/C(=NC)c1cncc(CNCC2CCCC2)c1. The van der Waals surface area contributed by atoms with E-state index in [0.717, 1.165) is 84.1 Å². The first-order chi connectivity index (χ1) is 19.6. The van der Waals surface area contributed by atoms with Crippen LogP contribution in [-0.2, 0) is 6.54 Å². The van der Waals surface area contributed by atoms with E-state index in [2.05, 4.69) is 65.0 Å². The van der Waals surface area contributed by atoms with E-state index in [0.29, 0.717) is 16.9 Å². The number of aromatic amines is 2. The largest absolute Gasteiger partial charge is 0.352 e. The van der Waals surface area contributed by atoms with Crippen molar-refractivity contribution in [1.29, 1.82) is 0 Å².